The van der Waals surface area contributed by atoms with Crippen LogP contribution in [-0.4, -0.2) is 48.1 Å². The van der Waals surface area contributed by atoms with Gasteiger partial charge in [-0.25, -0.2) is 0 Å². The molecule has 6 nitrogen and oxygen atoms in total. The Bertz CT molecular complexity index is 750. The smallest absolute Gasteiger partial charge is 0.264 e. The molecule has 0 aromatic carbocycles. The van der Waals surface area contributed by atoms with E-state index in [0.717, 1.165) is 22.2 Å². The molecule has 5 rings (SSSR count). The second kappa shape index (κ2) is 7.01. The molecule has 0 aliphatic carbocycles. The van der Waals surface area contributed by atoms with Crippen LogP contribution in [0, 0.1) is 5.92 Å². The van der Waals surface area contributed by atoms with E-state index in [1.807, 2.05) is 12.1 Å². The van der Waals surface area contributed by atoms with E-state index in [2.05, 4.69) is 22.1 Å². The molecule has 5 heterocycles. The van der Waals surface area contributed by atoms with Gasteiger partial charge in [-0.3, -0.25) is 9.69 Å². The second-order valence-corrected chi connectivity index (χ2v) is 8.83. The van der Waals surface area contributed by atoms with Gasteiger partial charge in [-0.05, 0) is 62.7 Å². The first-order valence-electron chi connectivity index (χ1n) is 8.46. The number of ether oxygens (including phenoxy) is 1. The average molecular weight is 380 g/mol. The highest BCUT2D eigenvalue weighted by atomic mass is 32.2. The van der Waals surface area contributed by atoms with Crippen molar-refractivity contribution < 1.29 is 13.9 Å². The van der Waals surface area contributed by atoms with E-state index < -0.39 is 0 Å². The van der Waals surface area contributed by atoms with E-state index in [0.29, 0.717) is 23.1 Å². The summed E-state index contributed by atoms with van der Waals surface area (Å²) in [5.41, 5.74) is 0. The SMILES string of the molecule is COc1coc(Sc2ccc(C(=O)NC3C4CCN(CC4)C3C)s2)n1. The molecule has 3 aliphatic rings. The topological polar surface area (TPSA) is 67.6 Å². The van der Waals surface area contributed by atoms with Gasteiger partial charge < -0.3 is 14.5 Å². The third-order valence-corrected chi connectivity index (χ3v) is 7.22. The number of nitrogens with one attached hydrogen (secondary N) is 1. The van der Waals surface area contributed by atoms with Crippen molar-refractivity contribution in [1.29, 1.82) is 0 Å². The lowest BCUT2D eigenvalue weighted by atomic mass is 9.79. The molecule has 0 saturated carbocycles. The maximum Gasteiger partial charge on any atom is 0.264 e. The molecule has 8 heteroatoms. The number of carbonyl (C=O) groups is 1. The molecule has 3 saturated heterocycles. The van der Waals surface area contributed by atoms with Gasteiger partial charge in [0.05, 0.1) is 16.2 Å². The molecule has 2 aromatic heterocycles. The number of thiophene rings is 1. The Balaban J connectivity index is 1.40. The van der Waals surface area contributed by atoms with Gasteiger partial charge in [-0.15, -0.1) is 11.3 Å². The Morgan fingerprint density at radius 3 is 2.92 bits per heavy atom. The summed E-state index contributed by atoms with van der Waals surface area (Å²) in [5.74, 6) is 1.08. The number of fused-ring (bicyclic) bond motifs is 3. The summed E-state index contributed by atoms with van der Waals surface area (Å²) in [5, 5.41) is 3.78. The van der Waals surface area contributed by atoms with Gasteiger partial charge in [0.25, 0.3) is 17.0 Å². The number of amides is 1. The van der Waals surface area contributed by atoms with E-state index in [-0.39, 0.29) is 11.9 Å². The molecule has 3 aliphatic heterocycles. The van der Waals surface area contributed by atoms with Gasteiger partial charge in [0, 0.05) is 12.1 Å². The van der Waals surface area contributed by atoms with Crippen LogP contribution in [0.25, 0.3) is 0 Å². The summed E-state index contributed by atoms with van der Waals surface area (Å²) in [6, 6.07) is 4.48. The molecule has 2 aromatic rings. The summed E-state index contributed by atoms with van der Waals surface area (Å²) in [6.07, 6.45) is 3.85. The third kappa shape index (κ3) is 3.43. The van der Waals surface area contributed by atoms with Crippen LogP contribution in [0.5, 0.6) is 5.88 Å². The van der Waals surface area contributed by atoms with Crippen molar-refractivity contribution in [3.8, 4) is 5.88 Å². The van der Waals surface area contributed by atoms with Crippen LogP contribution in [0.4, 0.5) is 0 Å². The van der Waals surface area contributed by atoms with Gasteiger partial charge in [0.1, 0.15) is 0 Å². The van der Waals surface area contributed by atoms with Gasteiger partial charge in [0.2, 0.25) is 0 Å². The summed E-state index contributed by atoms with van der Waals surface area (Å²) < 4.78 is 11.3. The molecular weight excluding hydrogens is 358 g/mol. The number of rotatable bonds is 5. The number of aromatic nitrogens is 1. The fourth-order valence-electron chi connectivity index (χ4n) is 3.73. The lowest BCUT2D eigenvalue weighted by Gasteiger charge is -2.49. The van der Waals surface area contributed by atoms with E-state index in [1.54, 1.807) is 7.11 Å². The summed E-state index contributed by atoms with van der Waals surface area (Å²) in [7, 11) is 1.55. The minimum atomic E-state index is 0.0208. The molecule has 2 atom stereocenters. The Morgan fingerprint density at radius 1 is 1.44 bits per heavy atom. The summed E-state index contributed by atoms with van der Waals surface area (Å²) in [6.45, 7) is 4.55. The van der Waals surface area contributed by atoms with Crippen molar-refractivity contribution in [1.82, 2.24) is 15.2 Å². The fourth-order valence-corrected chi connectivity index (χ4v) is 5.57. The minimum absolute atomic E-state index is 0.0208. The van der Waals surface area contributed by atoms with Crippen LogP contribution in [0.3, 0.4) is 0 Å². The molecular formula is C17H21N3O3S2. The molecule has 0 spiro atoms. The normalized spacial score (nSPS) is 28.1. The van der Waals surface area contributed by atoms with Crippen LogP contribution in [0.2, 0.25) is 0 Å². The standard InChI is InChI=1S/C17H21N3O3S2/c1-10-15(11-5-7-20(10)8-6-11)19-16(21)12-3-4-14(24-12)25-17-18-13(22-2)9-23-17/h3-4,9-11,15H,5-8H2,1-2H3,(H,19,21). The number of piperidine rings is 3. The third-order valence-electron chi connectivity index (χ3n) is 5.14. The highest BCUT2D eigenvalue weighted by Gasteiger charge is 2.40. The fraction of sp³-hybridized carbons (Fsp3) is 0.529. The molecule has 0 radical (unpaired) electrons. The van der Waals surface area contributed by atoms with Crippen LogP contribution in [-0.2, 0) is 0 Å². The molecule has 3 fully saturated rings. The quantitative estimate of drug-likeness (QED) is 0.861. The highest BCUT2D eigenvalue weighted by Crippen LogP contribution is 2.35. The zero-order valence-corrected chi connectivity index (χ0v) is 15.9. The van der Waals surface area contributed by atoms with Crippen molar-refractivity contribution in [3.63, 3.8) is 0 Å². The zero-order chi connectivity index (χ0) is 17.4. The number of methoxy groups -OCH3 is 1. The number of oxazole rings is 1. The Morgan fingerprint density at radius 2 is 2.24 bits per heavy atom. The first-order chi connectivity index (χ1) is 12.1. The maximum absolute atomic E-state index is 12.7. The highest BCUT2D eigenvalue weighted by molar-refractivity contribution is 8.01. The van der Waals surface area contributed by atoms with Gasteiger partial charge in [0.15, 0.2) is 6.26 Å². The molecule has 134 valence electrons. The van der Waals surface area contributed by atoms with E-state index in [1.165, 1.54) is 42.2 Å². The van der Waals surface area contributed by atoms with E-state index in [4.69, 9.17) is 9.15 Å². The van der Waals surface area contributed by atoms with Crippen LogP contribution < -0.4 is 10.1 Å². The average Bonchev–Trinajstić information content (AvgIpc) is 3.28. The predicted molar refractivity (Wildman–Crippen MR) is 96.5 cm³/mol. The first kappa shape index (κ1) is 16.9. The number of carbonyl (C=O) groups excluding carboxylic acids is 1. The van der Waals surface area contributed by atoms with Crippen LogP contribution >= 0.6 is 23.1 Å². The first-order valence-corrected chi connectivity index (χ1v) is 10.1. The van der Waals surface area contributed by atoms with Crippen LogP contribution in [0.1, 0.15) is 29.4 Å². The predicted octanol–water partition coefficient (Wildman–Crippen LogP) is 3.11. The minimum Gasteiger partial charge on any atom is -0.479 e. The van der Waals surface area contributed by atoms with Crippen LogP contribution in [0.15, 0.2) is 32.2 Å². The largest absolute Gasteiger partial charge is 0.479 e. The lowest BCUT2D eigenvalue weighted by molar-refractivity contribution is 0.0218. The van der Waals surface area contributed by atoms with Gasteiger partial charge in [-0.2, -0.15) is 4.98 Å². The Kier molecular flexibility index (Phi) is 4.75. The van der Waals surface area contributed by atoms with Crippen molar-refractivity contribution in [3.05, 3.63) is 23.3 Å². The summed E-state index contributed by atoms with van der Waals surface area (Å²) in [4.78, 5) is 20.1. The second-order valence-electron chi connectivity index (χ2n) is 6.49. The van der Waals surface area contributed by atoms with Crippen molar-refractivity contribution >= 4 is 29.0 Å². The monoisotopic (exact) mass is 379 g/mol. The van der Waals surface area contributed by atoms with Gasteiger partial charge in [-0.1, -0.05) is 0 Å². The molecule has 2 bridgehead atoms. The lowest BCUT2D eigenvalue weighted by Crippen LogP contribution is -2.62. The van der Waals surface area contributed by atoms with Crippen molar-refractivity contribution in [2.45, 2.75) is 41.3 Å². The Hall–Kier alpha value is -1.51. The molecule has 1 N–H and O–H groups in total. The molecule has 2 unspecified atom stereocenters. The van der Waals surface area contributed by atoms with Crippen molar-refractivity contribution in [2.24, 2.45) is 5.92 Å². The number of nitrogens with zero attached hydrogens (tertiary/aromatic N) is 2. The van der Waals surface area contributed by atoms with E-state index >= 15 is 0 Å². The van der Waals surface area contributed by atoms with E-state index in [9.17, 15) is 4.79 Å². The maximum atomic E-state index is 12.7. The zero-order valence-electron chi connectivity index (χ0n) is 14.2. The van der Waals surface area contributed by atoms with Crippen molar-refractivity contribution in [2.75, 3.05) is 20.2 Å². The molecule has 1 amide bonds. The molecule has 25 heavy (non-hydrogen) atoms. The number of hydrogen-bond acceptors (Lipinski definition) is 7. The Labute approximate surface area is 154 Å². The summed E-state index contributed by atoms with van der Waals surface area (Å²) >= 11 is 2.85. The van der Waals surface area contributed by atoms with Gasteiger partial charge >= 0.3 is 0 Å². The number of hydrogen-bond donors (Lipinski definition) is 1.